The van der Waals surface area contributed by atoms with Crippen LogP contribution in [0.2, 0.25) is 0 Å². The highest BCUT2D eigenvalue weighted by Crippen LogP contribution is 2.13. The first-order valence-corrected chi connectivity index (χ1v) is 5.63. The predicted octanol–water partition coefficient (Wildman–Crippen LogP) is -0.809. The van der Waals surface area contributed by atoms with Crippen LogP contribution in [0.5, 0.6) is 0 Å². The van der Waals surface area contributed by atoms with Crippen LogP contribution in [0.25, 0.3) is 0 Å². The molecule has 1 aliphatic heterocycles. The van der Waals surface area contributed by atoms with Crippen LogP contribution in [0.4, 0.5) is 5.95 Å². The molecule has 3 heterocycles. The summed E-state index contributed by atoms with van der Waals surface area (Å²) in [4.78, 5) is 23.2. The first-order chi connectivity index (χ1) is 8.74. The van der Waals surface area contributed by atoms with E-state index in [0.29, 0.717) is 18.9 Å². The highest BCUT2D eigenvalue weighted by atomic mass is 16.2. The van der Waals surface area contributed by atoms with E-state index in [1.54, 1.807) is 13.4 Å². The molecule has 0 spiro atoms. The lowest BCUT2D eigenvalue weighted by Gasteiger charge is -2.21. The normalized spacial score (nSPS) is 18.4. The fourth-order valence-electron chi connectivity index (χ4n) is 1.96. The van der Waals surface area contributed by atoms with E-state index in [4.69, 9.17) is 0 Å². The van der Waals surface area contributed by atoms with Crippen molar-refractivity contribution in [3.8, 4) is 0 Å². The number of anilines is 1. The summed E-state index contributed by atoms with van der Waals surface area (Å²) in [6, 6.07) is -0.294. The van der Waals surface area contributed by atoms with Crippen LogP contribution in [0.15, 0.2) is 12.7 Å². The number of imidazole rings is 1. The van der Waals surface area contributed by atoms with Gasteiger partial charge in [0.05, 0.1) is 23.8 Å². The summed E-state index contributed by atoms with van der Waals surface area (Å²) in [5, 5.41) is 9.78. The van der Waals surface area contributed by atoms with Crippen LogP contribution in [0.1, 0.15) is 11.4 Å². The quantitative estimate of drug-likeness (QED) is 0.644. The second-order valence-electron chi connectivity index (χ2n) is 4.16. The lowest BCUT2D eigenvalue weighted by Crippen LogP contribution is -2.45. The second kappa shape index (κ2) is 4.22. The number of carbonyl (C=O) groups excluding carboxylic acids is 1. The number of amides is 1. The second-order valence-corrected chi connectivity index (χ2v) is 4.16. The average Bonchev–Trinajstić information content (AvgIpc) is 2.98. The lowest BCUT2D eigenvalue weighted by molar-refractivity contribution is -0.118. The highest BCUT2D eigenvalue weighted by Gasteiger charge is 2.26. The third-order valence-corrected chi connectivity index (χ3v) is 2.99. The molecule has 1 amide bonds. The summed E-state index contributed by atoms with van der Waals surface area (Å²) in [5.41, 5.74) is 1.98. The fraction of sp³-hybridized carbons (Fsp3) is 0.400. The van der Waals surface area contributed by atoms with Gasteiger partial charge in [-0.2, -0.15) is 10.1 Å². The molecule has 3 N–H and O–H groups in total. The predicted molar refractivity (Wildman–Crippen MR) is 62.6 cm³/mol. The molecule has 0 saturated heterocycles. The maximum Gasteiger partial charge on any atom is 0.244 e. The van der Waals surface area contributed by atoms with Crippen molar-refractivity contribution in [2.24, 2.45) is 7.05 Å². The van der Waals surface area contributed by atoms with Gasteiger partial charge in [-0.3, -0.25) is 15.4 Å². The largest absolute Gasteiger partial charge is 0.347 e. The van der Waals surface area contributed by atoms with Crippen LogP contribution in [-0.2, 0) is 24.8 Å². The Morgan fingerprint density at radius 1 is 1.56 bits per heavy atom. The van der Waals surface area contributed by atoms with Crippen LogP contribution in [0, 0.1) is 0 Å². The van der Waals surface area contributed by atoms with Crippen LogP contribution >= 0.6 is 0 Å². The molecule has 94 valence electrons. The van der Waals surface area contributed by atoms with Crippen molar-refractivity contribution in [2.75, 3.05) is 5.32 Å². The van der Waals surface area contributed by atoms with Crippen molar-refractivity contribution >= 4 is 11.9 Å². The zero-order chi connectivity index (χ0) is 12.5. The van der Waals surface area contributed by atoms with Crippen LogP contribution in [-0.4, -0.2) is 36.7 Å². The molecule has 2 aromatic rings. The van der Waals surface area contributed by atoms with E-state index in [0.717, 1.165) is 11.4 Å². The number of carbonyl (C=O) groups is 1. The molecule has 0 aromatic carbocycles. The van der Waals surface area contributed by atoms with Gasteiger partial charge in [-0.25, -0.2) is 9.67 Å². The SMILES string of the molecule is Cn1ncnc1NC(=O)C1Cc2nc[nH]c2CN1. The molecule has 1 atom stereocenters. The van der Waals surface area contributed by atoms with E-state index < -0.39 is 0 Å². The number of nitrogens with zero attached hydrogens (tertiary/aromatic N) is 4. The molecular formula is C10H13N7O. The Balaban J connectivity index is 1.70. The van der Waals surface area contributed by atoms with E-state index in [-0.39, 0.29) is 11.9 Å². The first kappa shape index (κ1) is 10.9. The van der Waals surface area contributed by atoms with Gasteiger partial charge in [0, 0.05) is 20.0 Å². The number of fused-ring (bicyclic) bond motifs is 1. The molecular weight excluding hydrogens is 234 g/mol. The van der Waals surface area contributed by atoms with E-state index in [1.807, 2.05) is 0 Å². The monoisotopic (exact) mass is 247 g/mol. The number of aromatic nitrogens is 5. The molecule has 1 unspecified atom stereocenters. The van der Waals surface area contributed by atoms with Gasteiger partial charge in [0.2, 0.25) is 11.9 Å². The molecule has 0 aliphatic carbocycles. The summed E-state index contributed by atoms with van der Waals surface area (Å²) >= 11 is 0. The topological polar surface area (TPSA) is 101 Å². The minimum absolute atomic E-state index is 0.125. The summed E-state index contributed by atoms with van der Waals surface area (Å²) in [7, 11) is 1.72. The third-order valence-electron chi connectivity index (χ3n) is 2.99. The number of H-pyrrole nitrogens is 1. The van der Waals surface area contributed by atoms with Gasteiger partial charge < -0.3 is 4.98 Å². The summed E-state index contributed by atoms with van der Waals surface area (Å²) in [5.74, 6) is 0.314. The zero-order valence-electron chi connectivity index (χ0n) is 9.84. The van der Waals surface area contributed by atoms with Gasteiger partial charge >= 0.3 is 0 Å². The molecule has 0 saturated carbocycles. The Morgan fingerprint density at radius 2 is 2.44 bits per heavy atom. The summed E-state index contributed by atoms with van der Waals surface area (Å²) < 4.78 is 1.51. The van der Waals surface area contributed by atoms with Gasteiger partial charge in [0.1, 0.15) is 6.33 Å². The molecule has 18 heavy (non-hydrogen) atoms. The minimum atomic E-state index is -0.294. The first-order valence-electron chi connectivity index (χ1n) is 5.63. The number of hydrogen-bond donors (Lipinski definition) is 3. The summed E-state index contributed by atoms with van der Waals surface area (Å²) in [6.45, 7) is 0.617. The van der Waals surface area contributed by atoms with Gasteiger partial charge in [-0.1, -0.05) is 0 Å². The molecule has 1 aliphatic rings. The Labute approximate surface area is 103 Å². The van der Waals surface area contributed by atoms with Crippen molar-refractivity contribution in [1.82, 2.24) is 30.0 Å². The standard InChI is InChI=1S/C10H13N7O/c1-17-10(14-5-15-17)16-9(18)7-2-6-8(3-11-7)13-4-12-6/h4-5,7,11H,2-3H2,1H3,(H,12,13)(H,14,15,16,18). The lowest BCUT2D eigenvalue weighted by atomic mass is 10.1. The minimum Gasteiger partial charge on any atom is -0.347 e. The number of nitrogens with one attached hydrogen (secondary N) is 3. The smallest absolute Gasteiger partial charge is 0.244 e. The van der Waals surface area contributed by atoms with Gasteiger partial charge in [-0.05, 0) is 0 Å². The Kier molecular flexibility index (Phi) is 2.56. The number of aromatic amines is 1. The van der Waals surface area contributed by atoms with E-state index in [1.165, 1.54) is 11.0 Å². The van der Waals surface area contributed by atoms with Gasteiger partial charge in [0.25, 0.3) is 0 Å². The van der Waals surface area contributed by atoms with Gasteiger partial charge in [-0.15, -0.1) is 0 Å². The zero-order valence-corrected chi connectivity index (χ0v) is 9.84. The average molecular weight is 247 g/mol. The molecule has 8 nitrogen and oxygen atoms in total. The Bertz CT molecular complexity index is 572. The highest BCUT2D eigenvalue weighted by molar-refractivity contribution is 5.93. The van der Waals surface area contributed by atoms with Crippen molar-refractivity contribution in [1.29, 1.82) is 0 Å². The number of rotatable bonds is 2. The Hall–Kier alpha value is -2.22. The van der Waals surface area contributed by atoms with Crippen LogP contribution < -0.4 is 10.6 Å². The maximum atomic E-state index is 12.1. The maximum absolute atomic E-state index is 12.1. The van der Waals surface area contributed by atoms with Crippen molar-refractivity contribution in [2.45, 2.75) is 19.0 Å². The van der Waals surface area contributed by atoms with Crippen molar-refractivity contribution in [3.63, 3.8) is 0 Å². The van der Waals surface area contributed by atoms with E-state index >= 15 is 0 Å². The Morgan fingerprint density at radius 3 is 3.22 bits per heavy atom. The molecule has 2 aromatic heterocycles. The number of hydrogen-bond acceptors (Lipinski definition) is 5. The summed E-state index contributed by atoms with van der Waals surface area (Å²) in [6.07, 6.45) is 3.62. The molecule has 0 radical (unpaired) electrons. The van der Waals surface area contributed by atoms with Gasteiger partial charge in [0.15, 0.2) is 0 Å². The van der Waals surface area contributed by atoms with E-state index in [2.05, 4.69) is 30.7 Å². The number of aryl methyl sites for hydroxylation is 1. The van der Waals surface area contributed by atoms with Crippen LogP contribution in [0.3, 0.4) is 0 Å². The fourth-order valence-corrected chi connectivity index (χ4v) is 1.96. The molecule has 8 heteroatoms. The third kappa shape index (κ3) is 1.86. The van der Waals surface area contributed by atoms with Crippen molar-refractivity contribution < 1.29 is 4.79 Å². The molecule has 3 rings (SSSR count). The molecule has 0 bridgehead atoms. The van der Waals surface area contributed by atoms with Crippen molar-refractivity contribution in [3.05, 3.63) is 24.0 Å². The molecule has 0 fully saturated rings. The van der Waals surface area contributed by atoms with E-state index in [9.17, 15) is 4.79 Å².